The molecule has 1 saturated heterocycles. The Morgan fingerprint density at radius 1 is 1.19 bits per heavy atom. The molecule has 0 aromatic heterocycles. The summed E-state index contributed by atoms with van der Waals surface area (Å²) in [4.78, 5) is 0. The number of fused-ring (bicyclic) bond motifs is 3. The Balaban J connectivity index is 2.08. The van der Waals surface area contributed by atoms with E-state index in [-0.39, 0.29) is 29.5 Å². The third-order valence-electron chi connectivity index (χ3n) is 6.57. The van der Waals surface area contributed by atoms with E-state index in [4.69, 9.17) is 4.74 Å². The zero-order valence-electron chi connectivity index (χ0n) is 13.2. The summed E-state index contributed by atoms with van der Waals surface area (Å²) >= 11 is 0. The minimum absolute atomic E-state index is 0.141. The SMILES string of the molecule is CC(C)[C@]12CC[C@@](C)(O)[C@@H]3CC[C@](C)(S(=O)(=O)O)[C@H]3[C@H]1O2. The van der Waals surface area contributed by atoms with Gasteiger partial charge in [-0.25, -0.2) is 0 Å². The molecule has 6 heteroatoms. The quantitative estimate of drug-likeness (QED) is 0.600. The molecule has 122 valence electrons. The number of hydrogen-bond donors (Lipinski definition) is 2. The maximum Gasteiger partial charge on any atom is 0.270 e. The van der Waals surface area contributed by atoms with E-state index in [2.05, 4.69) is 13.8 Å². The largest absolute Gasteiger partial charge is 0.390 e. The zero-order chi connectivity index (χ0) is 15.8. The second-order valence-electron chi connectivity index (χ2n) is 7.96. The summed E-state index contributed by atoms with van der Waals surface area (Å²) in [6.07, 6.45) is 2.18. The highest BCUT2D eigenvalue weighted by atomic mass is 32.2. The third-order valence-corrected chi connectivity index (χ3v) is 8.23. The molecular formula is C15H26O5S. The Bertz CT molecular complexity index is 554. The van der Waals surface area contributed by atoms with Crippen LogP contribution in [0.3, 0.4) is 0 Å². The van der Waals surface area contributed by atoms with Gasteiger partial charge in [0, 0.05) is 5.92 Å². The summed E-state index contributed by atoms with van der Waals surface area (Å²) in [6, 6.07) is 0. The van der Waals surface area contributed by atoms with Gasteiger partial charge >= 0.3 is 0 Å². The zero-order valence-corrected chi connectivity index (χ0v) is 14.0. The van der Waals surface area contributed by atoms with Gasteiger partial charge < -0.3 is 9.84 Å². The van der Waals surface area contributed by atoms with Crippen molar-refractivity contribution in [2.45, 2.75) is 75.4 Å². The van der Waals surface area contributed by atoms with Crippen LogP contribution in [0.25, 0.3) is 0 Å². The Morgan fingerprint density at radius 3 is 2.33 bits per heavy atom. The van der Waals surface area contributed by atoms with Crippen molar-refractivity contribution in [3.05, 3.63) is 0 Å². The molecule has 0 aromatic rings. The highest BCUT2D eigenvalue weighted by Crippen LogP contribution is 2.64. The molecule has 3 rings (SSSR count). The van der Waals surface area contributed by atoms with Crippen LogP contribution < -0.4 is 0 Å². The van der Waals surface area contributed by atoms with Crippen molar-refractivity contribution in [1.29, 1.82) is 0 Å². The number of aliphatic hydroxyl groups is 1. The fraction of sp³-hybridized carbons (Fsp3) is 1.00. The van der Waals surface area contributed by atoms with Gasteiger partial charge in [-0.3, -0.25) is 4.55 Å². The van der Waals surface area contributed by atoms with E-state index < -0.39 is 20.5 Å². The minimum Gasteiger partial charge on any atom is -0.390 e. The summed E-state index contributed by atoms with van der Waals surface area (Å²) in [5, 5.41) is 10.8. The molecule has 2 N–H and O–H groups in total. The molecule has 0 amide bonds. The molecule has 1 heterocycles. The molecule has 5 nitrogen and oxygen atoms in total. The van der Waals surface area contributed by atoms with Gasteiger partial charge in [0.1, 0.15) is 4.75 Å². The van der Waals surface area contributed by atoms with Crippen LogP contribution in [0.2, 0.25) is 0 Å². The van der Waals surface area contributed by atoms with Crippen molar-refractivity contribution >= 4 is 10.1 Å². The van der Waals surface area contributed by atoms with Gasteiger partial charge in [0.2, 0.25) is 0 Å². The van der Waals surface area contributed by atoms with Crippen molar-refractivity contribution in [2.75, 3.05) is 0 Å². The van der Waals surface area contributed by atoms with Crippen LogP contribution >= 0.6 is 0 Å². The molecule has 6 atom stereocenters. The van der Waals surface area contributed by atoms with Crippen molar-refractivity contribution in [3.63, 3.8) is 0 Å². The first kappa shape index (κ1) is 15.7. The lowest BCUT2D eigenvalue weighted by Crippen LogP contribution is -2.48. The molecule has 1 aliphatic heterocycles. The molecule has 0 unspecified atom stereocenters. The van der Waals surface area contributed by atoms with Crippen LogP contribution in [0, 0.1) is 17.8 Å². The van der Waals surface area contributed by atoms with E-state index in [1.165, 1.54) is 0 Å². The Labute approximate surface area is 126 Å². The maximum absolute atomic E-state index is 12.0. The van der Waals surface area contributed by atoms with Gasteiger partial charge in [0.25, 0.3) is 10.1 Å². The second kappa shape index (κ2) is 4.22. The Kier molecular flexibility index (Phi) is 3.16. The van der Waals surface area contributed by atoms with Crippen LogP contribution in [0.15, 0.2) is 0 Å². The van der Waals surface area contributed by atoms with Gasteiger partial charge in [-0.15, -0.1) is 0 Å². The molecule has 21 heavy (non-hydrogen) atoms. The van der Waals surface area contributed by atoms with Crippen LogP contribution in [-0.2, 0) is 14.9 Å². The van der Waals surface area contributed by atoms with E-state index in [1.54, 1.807) is 13.8 Å². The lowest BCUT2D eigenvalue weighted by molar-refractivity contribution is -0.0359. The predicted molar refractivity (Wildman–Crippen MR) is 78.5 cm³/mol. The minimum atomic E-state index is -4.19. The van der Waals surface area contributed by atoms with E-state index in [0.29, 0.717) is 19.3 Å². The van der Waals surface area contributed by atoms with E-state index in [1.807, 2.05) is 0 Å². The molecule has 0 bridgehead atoms. The molecular weight excluding hydrogens is 292 g/mol. The standard InChI is InChI=1S/C15H26O5S/c1-9(2)15-8-7-13(3,16)10-5-6-14(4,21(17,18)19)11(10)12(15)20-15/h9-12,16H,5-8H2,1-4H3,(H,17,18,19)/t10-,11-,12-,13-,14+,15-/m1/s1. The number of rotatable bonds is 2. The predicted octanol–water partition coefficient (Wildman–Crippen LogP) is 2.00. The summed E-state index contributed by atoms with van der Waals surface area (Å²) in [5.41, 5.74) is -1.23. The van der Waals surface area contributed by atoms with Gasteiger partial charge in [-0.2, -0.15) is 8.42 Å². The molecule has 0 aromatic carbocycles. The first-order valence-electron chi connectivity index (χ1n) is 7.83. The highest BCUT2D eigenvalue weighted by Gasteiger charge is 2.73. The smallest absolute Gasteiger partial charge is 0.270 e. The third kappa shape index (κ3) is 1.95. The molecule has 3 fully saturated rings. The first-order valence-corrected chi connectivity index (χ1v) is 9.27. The van der Waals surface area contributed by atoms with Gasteiger partial charge in [-0.1, -0.05) is 13.8 Å². The summed E-state index contributed by atoms with van der Waals surface area (Å²) in [5.74, 6) is -0.215. The summed E-state index contributed by atoms with van der Waals surface area (Å²) in [7, 11) is -4.19. The van der Waals surface area contributed by atoms with Crippen molar-refractivity contribution in [3.8, 4) is 0 Å². The lowest BCUT2D eigenvalue weighted by atomic mass is 9.76. The van der Waals surface area contributed by atoms with Gasteiger partial charge in [0.05, 0.1) is 17.3 Å². The highest BCUT2D eigenvalue weighted by molar-refractivity contribution is 7.87. The maximum atomic E-state index is 12.0. The fourth-order valence-electron chi connectivity index (χ4n) is 4.91. The molecule has 2 saturated carbocycles. The lowest BCUT2D eigenvalue weighted by Gasteiger charge is -2.36. The monoisotopic (exact) mass is 318 g/mol. The van der Waals surface area contributed by atoms with Crippen molar-refractivity contribution < 1.29 is 22.8 Å². The molecule has 2 aliphatic carbocycles. The summed E-state index contributed by atoms with van der Waals surface area (Å²) in [6.45, 7) is 7.57. The van der Waals surface area contributed by atoms with Crippen LogP contribution in [0.1, 0.15) is 53.4 Å². The first-order chi connectivity index (χ1) is 9.46. The molecule has 0 spiro atoms. The summed E-state index contributed by atoms with van der Waals surface area (Å²) < 4.78 is 38.6. The van der Waals surface area contributed by atoms with Crippen LogP contribution in [-0.4, -0.2) is 40.1 Å². The Morgan fingerprint density at radius 2 is 1.81 bits per heavy atom. The van der Waals surface area contributed by atoms with Gasteiger partial charge in [-0.05, 0) is 51.4 Å². The van der Waals surface area contributed by atoms with Crippen molar-refractivity contribution in [2.24, 2.45) is 17.8 Å². The average molecular weight is 318 g/mol. The van der Waals surface area contributed by atoms with Crippen LogP contribution in [0.5, 0.6) is 0 Å². The number of epoxide rings is 1. The van der Waals surface area contributed by atoms with E-state index in [0.717, 1.165) is 6.42 Å². The Hall–Kier alpha value is -0.170. The van der Waals surface area contributed by atoms with E-state index in [9.17, 15) is 18.1 Å². The number of hydrogen-bond acceptors (Lipinski definition) is 4. The topological polar surface area (TPSA) is 87.1 Å². The molecule has 0 radical (unpaired) electrons. The van der Waals surface area contributed by atoms with Crippen molar-refractivity contribution in [1.82, 2.24) is 0 Å². The molecule has 3 aliphatic rings. The van der Waals surface area contributed by atoms with Crippen LogP contribution in [0.4, 0.5) is 0 Å². The normalized spacial score (nSPS) is 53.2. The average Bonchev–Trinajstić information content (AvgIpc) is 2.96. The number of ether oxygens (including phenoxy) is 1. The van der Waals surface area contributed by atoms with Gasteiger partial charge in [0.15, 0.2) is 0 Å². The van der Waals surface area contributed by atoms with E-state index >= 15 is 0 Å². The fourth-order valence-corrected chi connectivity index (χ4v) is 5.92. The second-order valence-corrected chi connectivity index (χ2v) is 9.85.